The molecular formula is C14H28O15Zn. The number of hydrogen-bond donors (Lipinski definition) is 11. The monoisotopic (exact) mass is 500 g/mol. The van der Waals surface area contributed by atoms with Crippen molar-refractivity contribution in [2.24, 2.45) is 0 Å². The number of rotatable bonds is 10. The van der Waals surface area contributed by atoms with Gasteiger partial charge in [0.2, 0.25) is 0 Å². The van der Waals surface area contributed by atoms with Gasteiger partial charge in [0.15, 0.2) is 0 Å². The van der Waals surface area contributed by atoms with Crippen LogP contribution < -0.4 is 10.2 Å². The van der Waals surface area contributed by atoms with Gasteiger partial charge in [0, 0.05) is 6.61 Å². The number of carbonyl (C=O) groups is 2. The summed E-state index contributed by atoms with van der Waals surface area (Å²) in [7, 11) is 0. The summed E-state index contributed by atoms with van der Waals surface area (Å²) in [4.78, 5) is 20.0. The van der Waals surface area contributed by atoms with Gasteiger partial charge in [0.25, 0.3) is 0 Å². The Morgan fingerprint density at radius 3 is 0.967 bits per heavy atom. The minimum Gasteiger partial charge on any atom is -0.547 e. The van der Waals surface area contributed by atoms with Crippen LogP contribution in [-0.4, -0.2) is 137 Å². The molecule has 0 radical (unpaired) electrons. The Balaban J connectivity index is -0.000000193. The molecule has 0 saturated carbocycles. The van der Waals surface area contributed by atoms with Gasteiger partial charge >= 0.3 is 19.5 Å². The zero-order chi connectivity index (χ0) is 23.9. The zero-order valence-electron chi connectivity index (χ0n) is 16.0. The van der Waals surface area contributed by atoms with E-state index >= 15 is 0 Å². The Morgan fingerprint density at radius 1 is 0.633 bits per heavy atom. The molecule has 8 atom stereocenters. The summed E-state index contributed by atoms with van der Waals surface area (Å²) in [6, 6.07) is 0. The molecule has 0 bridgehead atoms. The average Bonchev–Trinajstić information content (AvgIpc) is 2.69. The van der Waals surface area contributed by atoms with Gasteiger partial charge in [-0.3, -0.25) is 0 Å². The van der Waals surface area contributed by atoms with Crippen LogP contribution in [0.25, 0.3) is 0 Å². The number of aliphatic hydroxyl groups is 11. The number of aliphatic carboxylic acids is 2. The maximum Gasteiger partial charge on any atom is 2.00 e. The van der Waals surface area contributed by atoms with E-state index in [9.17, 15) is 19.8 Å². The van der Waals surface area contributed by atoms with Gasteiger partial charge in [-0.15, -0.1) is 0 Å². The van der Waals surface area contributed by atoms with Gasteiger partial charge in [-0.05, 0) is 6.92 Å². The van der Waals surface area contributed by atoms with Crippen molar-refractivity contribution in [3.05, 3.63) is 0 Å². The van der Waals surface area contributed by atoms with Gasteiger partial charge in [-0.25, -0.2) is 0 Å². The number of carboxylic acid groups (broad SMARTS) is 2. The van der Waals surface area contributed by atoms with E-state index in [-0.39, 0.29) is 26.1 Å². The predicted octanol–water partition coefficient (Wildman–Crippen LogP) is -9.66. The largest absolute Gasteiger partial charge is 2.00 e. The van der Waals surface area contributed by atoms with Crippen molar-refractivity contribution in [1.29, 1.82) is 0 Å². The SMILES string of the molecule is CCO.O=C([O-])C(O)C(O)C(O)C(O)CO.O=C([O-])C(O)C(O)C(O)C(O)CO.[Zn+2]. The van der Waals surface area contributed by atoms with Crippen LogP contribution >= 0.6 is 0 Å². The molecule has 0 aliphatic carbocycles. The minimum absolute atomic E-state index is 0. The topological polar surface area (TPSA) is 303 Å². The van der Waals surface area contributed by atoms with Crippen LogP contribution in [0.4, 0.5) is 0 Å². The second-order valence-corrected chi connectivity index (χ2v) is 5.31. The third kappa shape index (κ3) is 15.0. The molecule has 0 rings (SSSR count). The van der Waals surface area contributed by atoms with Crippen LogP contribution in [0.15, 0.2) is 0 Å². The third-order valence-corrected chi connectivity index (χ3v) is 2.99. The number of hydrogen-bond acceptors (Lipinski definition) is 15. The molecule has 0 aromatic heterocycles. The van der Waals surface area contributed by atoms with E-state index in [0.717, 1.165) is 0 Å². The molecule has 0 aliphatic rings. The maximum atomic E-state index is 9.98. The Bertz CT molecular complexity index is 402. The number of carboxylic acids is 2. The molecule has 176 valence electrons. The Labute approximate surface area is 183 Å². The van der Waals surface area contributed by atoms with Crippen molar-refractivity contribution >= 4 is 11.9 Å². The molecular weight excluding hydrogens is 474 g/mol. The van der Waals surface area contributed by atoms with E-state index in [4.69, 9.17) is 56.2 Å². The summed E-state index contributed by atoms with van der Waals surface area (Å²) >= 11 is 0. The zero-order valence-corrected chi connectivity index (χ0v) is 19.0. The van der Waals surface area contributed by atoms with Gasteiger partial charge in [0.05, 0.1) is 25.2 Å². The molecule has 8 unspecified atom stereocenters. The van der Waals surface area contributed by atoms with Gasteiger partial charge < -0.3 is 76.0 Å². The van der Waals surface area contributed by atoms with Crippen LogP contribution in [0.5, 0.6) is 0 Å². The molecule has 0 spiro atoms. The van der Waals surface area contributed by atoms with Gasteiger partial charge in [0.1, 0.15) is 48.8 Å². The van der Waals surface area contributed by atoms with Crippen molar-refractivity contribution in [2.75, 3.05) is 19.8 Å². The van der Waals surface area contributed by atoms with Crippen molar-refractivity contribution in [3.63, 3.8) is 0 Å². The Morgan fingerprint density at radius 2 is 0.833 bits per heavy atom. The van der Waals surface area contributed by atoms with E-state index in [0.29, 0.717) is 0 Å². The number of carbonyl (C=O) groups excluding carboxylic acids is 2. The van der Waals surface area contributed by atoms with Crippen LogP contribution in [0, 0.1) is 0 Å². The fourth-order valence-electron chi connectivity index (χ4n) is 1.32. The van der Waals surface area contributed by atoms with E-state index in [1.54, 1.807) is 6.92 Å². The summed E-state index contributed by atoms with van der Waals surface area (Å²) in [5.41, 5.74) is 0. The minimum atomic E-state index is -2.31. The predicted molar refractivity (Wildman–Crippen MR) is 85.0 cm³/mol. The summed E-state index contributed by atoms with van der Waals surface area (Å²) in [5.74, 6) is -3.95. The molecule has 0 aliphatic heterocycles. The first kappa shape index (κ1) is 36.5. The van der Waals surface area contributed by atoms with Crippen LogP contribution in [0.1, 0.15) is 6.92 Å². The van der Waals surface area contributed by atoms with E-state index < -0.39 is 74.0 Å². The molecule has 0 amide bonds. The smallest absolute Gasteiger partial charge is 0.547 e. The first-order chi connectivity index (χ1) is 13.2. The quantitative estimate of drug-likeness (QED) is 0.124. The van der Waals surface area contributed by atoms with Crippen LogP contribution in [0.2, 0.25) is 0 Å². The molecule has 16 heteroatoms. The Kier molecular flexibility index (Phi) is 24.4. The van der Waals surface area contributed by atoms with Gasteiger partial charge in [-0.2, -0.15) is 0 Å². The number of aliphatic hydroxyl groups excluding tert-OH is 11. The molecule has 11 N–H and O–H groups in total. The van der Waals surface area contributed by atoms with E-state index in [1.807, 2.05) is 0 Å². The Hall–Kier alpha value is -0.877. The van der Waals surface area contributed by atoms with Crippen LogP contribution in [-0.2, 0) is 29.1 Å². The second-order valence-electron chi connectivity index (χ2n) is 5.31. The van der Waals surface area contributed by atoms with E-state index in [1.165, 1.54) is 0 Å². The van der Waals surface area contributed by atoms with Crippen molar-refractivity contribution < 1.29 is 95.5 Å². The summed E-state index contributed by atoms with van der Waals surface area (Å²) < 4.78 is 0. The first-order valence-corrected chi connectivity index (χ1v) is 7.93. The summed E-state index contributed by atoms with van der Waals surface area (Å²) in [6.45, 7) is 0.204. The van der Waals surface area contributed by atoms with Crippen molar-refractivity contribution in [1.82, 2.24) is 0 Å². The maximum absolute atomic E-state index is 9.98. The molecule has 15 nitrogen and oxygen atoms in total. The van der Waals surface area contributed by atoms with E-state index in [2.05, 4.69) is 0 Å². The van der Waals surface area contributed by atoms with Crippen molar-refractivity contribution in [3.8, 4) is 0 Å². The molecule has 0 heterocycles. The first-order valence-electron chi connectivity index (χ1n) is 7.93. The van der Waals surface area contributed by atoms with Gasteiger partial charge in [-0.1, -0.05) is 0 Å². The molecule has 30 heavy (non-hydrogen) atoms. The average molecular weight is 502 g/mol. The molecule has 0 aromatic carbocycles. The summed E-state index contributed by atoms with van der Waals surface area (Å²) in [5, 5.41) is 114. The summed E-state index contributed by atoms with van der Waals surface area (Å²) in [6.07, 6.45) is -16.2. The van der Waals surface area contributed by atoms with Crippen LogP contribution in [0.3, 0.4) is 0 Å². The molecule has 0 saturated heterocycles. The van der Waals surface area contributed by atoms with Crippen molar-refractivity contribution in [2.45, 2.75) is 55.8 Å². The fourth-order valence-corrected chi connectivity index (χ4v) is 1.32. The third-order valence-electron chi connectivity index (χ3n) is 2.99. The second kappa shape index (κ2) is 20.0. The molecule has 0 aromatic rings. The standard InChI is InChI=1S/2C6H12O7.C2H6O.Zn/c2*7-1-2(8)3(9)4(10)5(11)6(12)13;1-2-3;/h2*2-5,7-11H,1H2,(H,12,13);3H,2H2,1H3;/q;;;+2/p-2. The fraction of sp³-hybridized carbons (Fsp3) is 0.857. The molecule has 0 fully saturated rings. The normalized spacial score (nSPS) is 18.3.